The Balaban J connectivity index is 2.18. The molecule has 0 aliphatic rings. The van der Waals surface area contributed by atoms with Crippen LogP contribution < -0.4 is 5.32 Å². The summed E-state index contributed by atoms with van der Waals surface area (Å²) in [5, 5.41) is 3.39. The Hall–Kier alpha value is -0.870. The Morgan fingerprint density at radius 1 is 1.28 bits per heavy atom. The summed E-state index contributed by atoms with van der Waals surface area (Å²) in [5.41, 5.74) is 2.22. The first-order valence-electron chi connectivity index (χ1n) is 5.76. The normalized spacial score (nSPS) is 12.5. The lowest BCUT2D eigenvalue weighted by atomic mass is 10.1. The third kappa shape index (κ3) is 2.93. The monoisotopic (exact) mass is 327 g/mol. The smallest absolute Gasteiger partial charge is 0.137 e. The van der Waals surface area contributed by atoms with Crippen molar-refractivity contribution in [1.29, 1.82) is 0 Å². The lowest BCUT2D eigenvalue weighted by Gasteiger charge is -2.15. The predicted octanol–water partition coefficient (Wildman–Crippen LogP) is 5.44. The van der Waals surface area contributed by atoms with E-state index in [2.05, 4.69) is 48.1 Å². The highest BCUT2D eigenvalue weighted by molar-refractivity contribution is 9.10. The van der Waals surface area contributed by atoms with Gasteiger partial charge in [-0.25, -0.2) is 4.39 Å². The van der Waals surface area contributed by atoms with Crippen LogP contribution in [0.5, 0.6) is 0 Å². The van der Waals surface area contributed by atoms with Crippen LogP contribution in [-0.2, 0) is 0 Å². The highest BCUT2D eigenvalue weighted by atomic mass is 79.9. The Labute approximate surface area is 119 Å². The van der Waals surface area contributed by atoms with Crippen LogP contribution in [-0.4, -0.2) is 0 Å². The number of rotatable bonds is 3. The van der Waals surface area contributed by atoms with Crippen LogP contribution in [0.1, 0.15) is 28.3 Å². The van der Waals surface area contributed by atoms with Crippen molar-refractivity contribution in [3.8, 4) is 0 Å². The Kier molecular flexibility index (Phi) is 4.07. The number of hydrogen-bond acceptors (Lipinski definition) is 2. The number of anilines is 1. The first-order chi connectivity index (χ1) is 8.47. The van der Waals surface area contributed by atoms with Crippen molar-refractivity contribution in [2.45, 2.75) is 26.8 Å². The summed E-state index contributed by atoms with van der Waals surface area (Å²) in [5.74, 6) is -0.240. The molecule has 18 heavy (non-hydrogen) atoms. The maximum absolute atomic E-state index is 13.2. The van der Waals surface area contributed by atoms with Crippen LogP contribution >= 0.6 is 27.3 Å². The summed E-state index contributed by atoms with van der Waals surface area (Å²) in [7, 11) is 0. The van der Waals surface area contributed by atoms with E-state index in [0.29, 0.717) is 4.47 Å². The lowest BCUT2D eigenvalue weighted by Crippen LogP contribution is -2.06. The van der Waals surface area contributed by atoms with E-state index in [1.807, 2.05) is 0 Å². The molecule has 0 amide bonds. The van der Waals surface area contributed by atoms with Gasteiger partial charge in [0.15, 0.2) is 0 Å². The number of halogens is 2. The molecule has 1 nitrogen and oxygen atoms in total. The van der Waals surface area contributed by atoms with E-state index in [1.54, 1.807) is 23.5 Å². The number of thiophene rings is 1. The van der Waals surface area contributed by atoms with Crippen LogP contribution in [0.15, 0.2) is 28.7 Å². The van der Waals surface area contributed by atoms with Gasteiger partial charge in [-0.15, -0.1) is 11.3 Å². The zero-order chi connectivity index (χ0) is 13.3. The van der Waals surface area contributed by atoms with Gasteiger partial charge >= 0.3 is 0 Å². The van der Waals surface area contributed by atoms with E-state index >= 15 is 0 Å². The van der Waals surface area contributed by atoms with E-state index in [4.69, 9.17) is 0 Å². The summed E-state index contributed by atoms with van der Waals surface area (Å²) < 4.78 is 13.6. The fourth-order valence-corrected chi connectivity index (χ4v) is 3.40. The van der Waals surface area contributed by atoms with Gasteiger partial charge in [-0.1, -0.05) is 0 Å². The molecular formula is C14H15BrFNS. The van der Waals surface area contributed by atoms with Gasteiger partial charge in [0.25, 0.3) is 0 Å². The second kappa shape index (κ2) is 5.41. The van der Waals surface area contributed by atoms with Crippen molar-refractivity contribution in [3.63, 3.8) is 0 Å². The van der Waals surface area contributed by atoms with Crippen LogP contribution in [0.2, 0.25) is 0 Å². The molecule has 0 aliphatic heterocycles. The maximum Gasteiger partial charge on any atom is 0.137 e. The summed E-state index contributed by atoms with van der Waals surface area (Å²) in [4.78, 5) is 2.64. The molecule has 4 heteroatoms. The average Bonchev–Trinajstić information content (AvgIpc) is 2.63. The SMILES string of the molecule is Cc1cc(C(C)Nc2ccc(F)c(Br)c2)c(C)s1. The summed E-state index contributed by atoms with van der Waals surface area (Å²) >= 11 is 5.00. The number of aryl methyl sites for hydroxylation is 2. The second-order valence-electron chi connectivity index (χ2n) is 4.36. The largest absolute Gasteiger partial charge is 0.378 e. The molecule has 2 aromatic rings. The fourth-order valence-electron chi connectivity index (χ4n) is 1.99. The molecule has 0 spiro atoms. The van der Waals surface area contributed by atoms with E-state index < -0.39 is 0 Å². The van der Waals surface area contributed by atoms with Crippen molar-refractivity contribution in [2.75, 3.05) is 5.32 Å². The quantitative estimate of drug-likeness (QED) is 0.791. The van der Waals surface area contributed by atoms with Crippen molar-refractivity contribution in [2.24, 2.45) is 0 Å². The molecule has 2 rings (SSSR count). The molecule has 0 saturated carbocycles. The van der Waals surface area contributed by atoms with E-state index in [-0.39, 0.29) is 11.9 Å². The van der Waals surface area contributed by atoms with Crippen molar-refractivity contribution < 1.29 is 4.39 Å². The van der Waals surface area contributed by atoms with Crippen molar-refractivity contribution in [1.82, 2.24) is 0 Å². The highest BCUT2D eigenvalue weighted by Crippen LogP contribution is 2.29. The van der Waals surface area contributed by atoms with Gasteiger partial charge < -0.3 is 5.32 Å². The minimum Gasteiger partial charge on any atom is -0.378 e. The van der Waals surface area contributed by atoms with E-state index in [9.17, 15) is 4.39 Å². The fraction of sp³-hybridized carbons (Fsp3) is 0.286. The van der Waals surface area contributed by atoms with Gasteiger partial charge in [-0.3, -0.25) is 0 Å². The van der Waals surface area contributed by atoms with Gasteiger partial charge in [0.05, 0.1) is 4.47 Å². The second-order valence-corrected chi connectivity index (χ2v) is 6.68. The molecule has 1 unspecified atom stereocenters. The first kappa shape index (κ1) is 13.6. The molecule has 96 valence electrons. The van der Waals surface area contributed by atoms with E-state index in [1.165, 1.54) is 21.4 Å². The Morgan fingerprint density at radius 2 is 2.00 bits per heavy atom. The molecule has 1 aromatic heterocycles. The van der Waals surface area contributed by atoms with Crippen LogP contribution in [0, 0.1) is 19.7 Å². The molecule has 0 bridgehead atoms. The molecule has 0 aliphatic carbocycles. The average molecular weight is 328 g/mol. The first-order valence-corrected chi connectivity index (χ1v) is 7.37. The van der Waals surface area contributed by atoms with Crippen LogP contribution in [0.3, 0.4) is 0 Å². The maximum atomic E-state index is 13.2. The molecule has 0 fully saturated rings. The van der Waals surface area contributed by atoms with E-state index in [0.717, 1.165) is 5.69 Å². The number of hydrogen-bond donors (Lipinski definition) is 1. The molecule has 1 heterocycles. The van der Waals surface area contributed by atoms with Crippen LogP contribution in [0.4, 0.5) is 10.1 Å². The van der Waals surface area contributed by atoms with Crippen molar-refractivity contribution in [3.05, 3.63) is 49.9 Å². The van der Waals surface area contributed by atoms with Gasteiger partial charge in [-0.05, 0) is 66.5 Å². The topological polar surface area (TPSA) is 12.0 Å². The standard InChI is InChI=1S/C14H15BrFNS/c1-8-6-12(10(3)18-8)9(2)17-11-4-5-14(16)13(15)7-11/h4-7,9,17H,1-3H3. The Bertz CT molecular complexity index is 565. The Morgan fingerprint density at radius 3 is 2.56 bits per heavy atom. The van der Waals surface area contributed by atoms with Gasteiger partial charge in [0.1, 0.15) is 5.82 Å². The molecular weight excluding hydrogens is 313 g/mol. The zero-order valence-electron chi connectivity index (χ0n) is 10.6. The predicted molar refractivity (Wildman–Crippen MR) is 79.9 cm³/mol. The summed E-state index contributed by atoms with van der Waals surface area (Å²) in [6, 6.07) is 7.40. The minimum atomic E-state index is -0.240. The molecule has 1 aromatic carbocycles. The summed E-state index contributed by atoms with van der Waals surface area (Å²) in [6.45, 7) is 6.36. The minimum absolute atomic E-state index is 0.215. The third-order valence-electron chi connectivity index (χ3n) is 2.85. The van der Waals surface area contributed by atoms with Gasteiger partial charge in [0, 0.05) is 21.5 Å². The summed E-state index contributed by atoms with van der Waals surface area (Å²) in [6.07, 6.45) is 0. The number of benzene rings is 1. The van der Waals surface area contributed by atoms with Crippen molar-refractivity contribution >= 4 is 33.0 Å². The zero-order valence-corrected chi connectivity index (χ0v) is 13.0. The molecule has 0 saturated heterocycles. The molecule has 1 N–H and O–H groups in total. The highest BCUT2D eigenvalue weighted by Gasteiger charge is 2.11. The lowest BCUT2D eigenvalue weighted by molar-refractivity contribution is 0.621. The number of nitrogens with one attached hydrogen (secondary N) is 1. The van der Waals surface area contributed by atoms with Crippen LogP contribution in [0.25, 0.3) is 0 Å². The van der Waals surface area contributed by atoms with Gasteiger partial charge in [0.2, 0.25) is 0 Å². The third-order valence-corrected chi connectivity index (χ3v) is 4.44. The molecule has 1 atom stereocenters. The van der Waals surface area contributed by atoms with Gasteiger partial charge in [-0.2, -0.15) is 0 Å². The molecule has 0 radical (unpaired) electrons.